The van der Waals surface area contributed by atoms with Crippen LogP contribution in [0.4, 0.5) is 0 Å². The van der Waals surface area contributed by atoms with Gasteiger partial charge in [0.05, 0.1) is 13.7 Å². The number of aromatic nitrogens is 1. The number of guanidine groups is 1. The van der Waals surface area contributed by atoms with Crippen molar-refractivity contribution in [2.75, 3.05) is 20.2 Å². The summed E-state index contributed by atoms with van der Waals surface area (Å²) >= 11 is 0. The molecule has 144 valence electrons. The Bertz CT molecular complexity index is 842. The van der Waals surface area contributed by atoms with Crippen LogP contribution in [0.1, 0.15) is 18.2 Å². The van der Waals surface area contributed by atoms with Crippen molar-refractivity contribution in [2.45, 2.75) is 19.9 Å². The fraction of sp³-hybridized carbons (Fsp3) is 0.286. The standard InChI is InChI=1S/C21H26N4O.HI/c1-3-22-21(23-13-12-16-8-5-7-11-20(16)26-2)24-15-18-14-17-9-4-6-10-19(17)25-18;/h4-11,14,25H,3,12-13,15H2,1-2H3,(H2,22,23,24);1H. The Kier molecular flexibility index (Phi) is 8.44. The third-order valence-electron chi connectivity index (χ3n) is 4.22. The summed E-state index contributed by atoms with van der Waals surface area (Å²) in [5.41, 5.74) is 3.44. The van der Waals surface area contributed by atoms with Gasteiger partial charge in [-0.15, -0.1) is 24.0 Å². The molecule has 0 atom stereocenters. The zero-order chi connectivity index (χ0) is 18.2. The number of H-pyrrole nitrogens is 1. The molecule has 3 aromatic rings. The minimum absolute atomic E-state index is 0. The van der Waals surface area contributed by atoms with Gasteiger partial charge in [-0.25, -0.2) is 4.99 Å². The average molecular weight is 478 g/mol. The molecule has 0 aliphatic heterocycles. The SMILES string of the molecule is CCNC(=NCc1cc2ccccc2[nH]1)NCCc1ccccc1OC.I. The number of aromatic amines is 1. The first-order valence-electron chi connectivity index (χ1n) is 9.01. The van der Waals surface area contributed by atoms with E-state index in [0.717, 1.165) is 42.4 Å². The topological polar surface area (TPSA) is 61.4 Å². The van der Waals surface area contributed by atoms with E-state index in [-0.39, 0.29) is 24.0 Å². The van der Waals surface area contributed by atoms with Gasteiger partial charge < -0.3 is 20.4 Å². The summed E-state index contributed by atoms with van der Waals surface area (Å²) in [6, 6.07) is 18.5. The Morgan fingerprint density at radius 2 is 1.85 bits per heavy atom. The molecule has 0 aliphatic carbocycles. The highest BCUT2D eigenvalue weighted by Crippen LogP contribution is 2.17. The summed E-state index contributed by atoms with van der Waals surface area (Å²) in [7, 11) is 1.71. The van der Waals surface area contributed by atoms with E-state index >= 15 is 0 Å². The molecule has 1 heterocycles. The number of ether oxygens (including phenoxy) is 1. The third-order valence-corrected chi connectivity index (χ3v) is 4.22. The van der Waals surface area contributed by atoms with Gasteiger partial charge >= 0.3 is 0 Å². The van der Waals surface area contributed by atoms with E-state index in [1.807, 2.05) is 30.3 Å². The lowest BCUT2D eigenvalue weighted by Crippen LogP contribution is -2.38. The summed E-state index contributed by atoms with van der Waals surface area (Å²) in [5, 5.41) is 7.90. The Hall–Kier alpha value is -2.22. The number of hydrogen-bond donors (Lipinski definition) is 3. The second-order valence-corrected chi connectivity index (χ2v) is 6.07. The van der Waals surface area contributed by atoms with Crippen LogP contribution in [0.15, 0.2) is 59.6 Å². The van der Waals surface area contributed by atoms with E-state index in [4.69, 9.17) is 4.74 Å². The summed E-state index contributed by atoms with van der Waals surface area (Å²) in [6.45, 7) is 4.30. The van der Waals surface area contributed by atoms with Gasteiger partial charge in [-0.2, -0.15) is 0 Å². The van der Waals surface area contributed by atoms with Crippen LogP contribution in [0.5, 0.6) is 5.75 Å². The molecule has 27 heavy (non-hydrogen) atoms. The van der Waals surface area contributed by atoms with Gasteiger partial charge in [-0.1, -0.05) is 36.4 Å². The largest absolute Gasteiger partial charge is 0.496 e. The number of nitrogens with zero attached hydrogens (tertiary/aromatic N) is 1. The van der Waals surface area contributed by atoms with Crippen molar-refractivity contribution >= 4 is 40.8 Å². The predicted octanol–water partition coefficient (Wildman–Crippen LogP) is 4.09. The molecule has 0 amide bonds. The van der Waals surface area contributed by atoms with E-state index in [2.05, 4.69) is 51.8 Å². The molecule has 3 N–H and O–H groups in total. The van der Waals surface area contributed by atoms with Crippen LogP contribution in [0.25, 0.3) is 10.9 Å². The number of benzene rings is 2. The van der Waals surface area contributed by atoms with E-state index in [1.54, 1.807) is 7.11 Å². The number of rotatable bonds is 7. The van der Waals surface area contributed by atoms with Crippen LogP contribution in [-0.2, 0) is 13.0 Å². The van der Waals surface area contributed by atoms with Gasteiger partial charge in [0.15, 0.2) is 5.96 Å². The minimum atomic E-state index is 0. The maximum Gasteiger partial charge on any atom is 0.191 e. The van der Waals surface area contributed by atoms with Crippen LogP contribution < -0.4 is 15.4 Å². The first-order chi connectivity index (χ1) is 12.8. The molecule has 0 saturated carbocycles. The predicted molar refractivity (Wildman–Crippen MR) is 123 cm³/mol. The highest BCUT2D eigenvalue weighted by Gasteiger charge is 2.04. The van der Waals surface area contributed by atoms with Gasteiger partial charge in [0.25, 0.3) is 0 Å². The van der Waals surface area contributed by atoms with Crippen molar-refractivity contribution in [2.24, 2.45) is 4.99 Å². The van der Waals surface area contributed by atoms with Crippen molar-refractivity contribution in [3.05, 3.63) is 65.9 Å². The first-order valence-corrected chi connectivity index (χ1v) is 9.01. The second kappa shape index (κ2) is 10.8. The lowest BCUT2D eigenvalue weighted by atomic mass is 10.1. The number of fused-ring (bicyclic) bond motifs is 1. The molecule has 2 aromatic carbocycles. The van der Waals surface area contributed by atoms with Gasteiger partial charge in [0, 0.05) is 24.3 Å². The molecule has 5 nitrogen and oxygen atoms in total. The van der Waals surface area contributed by atoms with E-state index in [1.165, 1.54) is 10.9 Å². The first kappa shape index (κ1) is 21.1. The Labute approximate surface area is 177 Å². The Morgan fingerprint density at radius 1 is 1.07 bits per heavy atom. The molecular formula is C21H27IN4O. The van der Waals surface area contributed by atoms with Crippen LogP contribution >= 0.6 is 24.0 Å². The maximum absolute atomic E-state index is 5.41. The molecule has 0 saturated heterocycles. The van der Waals surface area contributed by atoms with Crippen molar-refractivity contribution in [1.82, 2.24) is 15.6 Å². The maximum atomic E-state index is 5.41. The summed E-state index contributed by atoms with van der Waals surface area (Å²) in [6.07, 6.45) is 0.876. The molecule has 0 aliphatic rings. The molecule has 0 radical (unpaired) electrons. The smallest absolute Gasteiger partial charge is 0.191 e. The van der Waals surface area contributed by atoms with E-state index < -0.39 is 0 Å². The summed E-state index contributed by atoms with van der Waals surface area (Å²) in [5.74, 6) is 1.75. The zero-order valence-electron chi connectivity index (χ0n) is 15.8. The van der Waals surface area contributed by atoms with Gasteiger partial charge in [-0.05, 0) is 42.5 Å². The number of hydrogen-bond acceptors (Lipinski definition) is 2. The van der Waals surface area contributed by atoms with E-state index in [9.17, 15) is 0 Å². The molecule has 0 unspecified atom stereocenters. The van der Waals surface area contributed by atoms with Crippen LogP contribution in [0, 0.1) is 0 Å². The summed E-state index contributed by atoms with van der Waals surface area (Å²) < 4.78 is 5.41. The number of para-hydroxylation sites is 2. The van der Waals surface area contributed by atoms with Crippen molar-refractivity contribution in [3.8, 4) is 5.75 Å². The number of nitrogens with one attached hydrogen (secondary N) is 3. The average Bonchev–Trinajstić information content (AvgIpc) is 3.09. The Morgan fingerprint density at radius 3 is 2.63 bits per heavy atom. The fourth-order valence-corrected chi connectivity index (χ4v) is 2.95. The Balaban J connectivity index is 0.00000261. The van der Waals surface area contributed by atoms with Crippen molar-refractivity contribution < 1.29 is 4.74 Å². The monoisotopic (exact) mass is 478 g/mol. The zero-order valence-corrected chi connectivity index (χ0v) is 18.1. The molecule has 3 rings (SSSR count). The number of halogens is 1. The van der Waals surface area contributed by atoms with Crippen molar-refractivity contribution in [1.29, 1.82) is 0 Å². The number of methoxy groups -OCH3 is 1. The van der Waals surface area contributed by atoms with Gasteiger partial charge in [-0.3, -0.25) is 0 Å². The fourth-order valence-electron chi connectivity index (χ4n) is 2.95. The molecular weight excluding hydrogens is 451 g/mol. The molecule has 0 spiro atoms. The molecule has 0 bridgehead atoms. The molecule has 1 aromatic heterocycles. The molecule has 0 fully saturated rings. The number of aliphatic imine (C=N–C) groups is 1. The lowest BCUT2D eigenvalue weighted by molar-refractivity contribution is 0.409. The van der Waals surface area contributed by atoms with Crippen LogP contribution in [-0.4, -0.2) is 31.1 Å². The highest BCUT2D eigenvalue weighted by molar-refractivity contribution is 14.0. The lowest BCUT2D eigenvalue weighted by Gasteiger charge is -2.12. The molecule has 6 heteroatoms. The van der Waals surface area contributed by atoms with Gasteiger partial charge in [0.2, 0.25) is 0 Å². The van der Waals surface area contributed by atoms with Gasteiger partial charge in [0.1, 0.15) is 5.75 Å². The minimum Gasteiger partial charge on any atom is -0.496 e. The normalized spacial score (nSPS) is 11.1. The summed E-state index contributed by atoms with van der Waals surface area (Å²) in [4.78, 5) is 8.10. The van der Waals surface area contributed by atoms with Crippen molar-refractivity contribution in [3.63, 3.8) is 0 Å². The highest BCUT2D eigenvalue weighted by atomic mass is 127. The second-order valence-electron chi connectivity index (χ2n) is 6.07. The van der Waals surface area contributed by atoms with E-state index in [0.29, 0.717) is 6.54 Å². The quantitative estimate of drug-likeness (QED) is 0.272. The van der Waals surface area contributed by atoms with Crippen LogP contribution in [0.2, 0.25) is 0 Å². The van der Waals surface area contributed by atoms with Crippen LogP contribution in [0.3, 0.4) is 0 Å². The third kappa shape index (κ3) is 5.89.